The van der Waals surface area contributed by atoms with Gasteiger partial charge in [-0.15, -0.1) is 11.6 Å². The lowest BCUT2D eigenvalue weighted by molar-refractivity contribution is -0.132. The van der Waals surface area contributed by atoms with Gasteiger partial charge in [0.1, 0.15) is 0 Å². The highest BCUT2D eigenvalue weighted by atomic mass is 35.5. The molecule has 3 heteroatoms. The maximum absolute atomic E-state index is 12.4. The van der Waals surface area contributed by atoms with Crippen LogP contribution in [0.3, 0.4) is 0 Å². The molecule has 21 heavy (non-hydrogen) atoms. The van der Waals surface area contributed by atoms with Gasteiger partial charge in [-0.1, -0.05) is 49.4 Å². The Kier molecular flexibility index (Phi) is 4.16. The topological polar surface area (TPSA) is 20.3 Å². The first-order valence-corrected chi connectivity index (χ1v) is 7.96. The van der Waals surface area contributed by atoms with E-state index in [-0.39, 0.29) is 11.3 Å². The normalized spacial score (nSPS) is 22.5. The zero-order chi connectivity index (χ0) is 14.8. The lowest BCUT2D eigenvalue weighted by Gasteiger charge is -2.34. The summed E-state index contributed by atoms with van der Waals surface area (Å²) >= 11 is 6.22. The number of nitrogens with zero attached hydrogens (tertiary/aromatic N) is 1. The van der Waals surface area contributed by atoms with Gasteiger partial charge in [-0.05, 0) is 28.7 Å². The molecule has 2 aromatic rings. The number of carbonyl (C=O) groups excluding carboxylic acids is 1. The summed E-state index contributed by atoms with van der Waals surface area (Å²) in [5.41, 5.74) is 1.08. The van der Waals surface area contributed by atoms with Crippen molar-refractivity contribution >= 4 is 28.3 Å². The summed E-state index contributed by atoms with van der Waals surface area (Å²) in [4.78, 5) is 14.4. The number of benzene rings is 2. The summed E-state index contributed by atoms with van der Waals surface area (Å²) in [5, 5.41) is 2.61. The Morgan fingerprint density at radius 3 is 2.76 bits per heavy atom. The van der Waals surface area contributed by atoms with Crippen molar-refractivity contribution in [1.82, 2.24) is 4.90 Å². The average Bonchev–Trinajstić information content (AvgIpc) is 2.50. The van der Waals surface area contributed by atoms with Crippen LogP contribution in [0.4, 0.5) is 0 Å². The number of carbonyl (C=O) groups is 1. The van der Waals surface area contributed by atoms with Gasteiger partial charge < -0.3 is 4.90 Å². The summed E-state index contributed by atoms with van der Waals surface area (Å²) in [6.07, 6.45) is 1.37. The lowest BCUT2D eigenvalue weighted by Crippen LogP contribution is -2.44. The molecule has 2 unspecified atom stereocenters. The van der Waals surface area contributed by atoms with Crippen LogP contribution in [0.5, 0.6) is 0 Å². The molecule has 1 aliphatic rings. The van der Waals surface area contributed by atoms with Crippen LogP contribution in [0.15, 0.2) is 42.5 Å². The van der Waals surface area contributed by atoms with E-state index in [4.69, 9.17) is 11.6 Å². The zero-order valence-corrected chi connectivity index (χ0v) is 13.0. The van der Waals surface area contributed by atoms with Crippen LogP contribution in [0.1, 0.15) is 18.9 Å². The standard InChI is InChI=1S/C18H20ClNO/c1-13-12-20(9-8-17(13)19)18(21)11-14-6-7-15-4-2-3-5-16(15)10-14/h2-7,10,13,17H,8-9,11-12H2,1H3. The van der Waals surface area contributed by atoms with Gasteiger partial charge in [0.2, 0.25) is 5.91 Å². The Morgan fingerprint density at radius 1 is 1.24 bits per heavy atom. The van der Waals surface area contributed by atoms with Crippen molar-refractivity contribution in [1.29, 1.82) is 0 Å². The van der Waals surface area contributed by atoms with E-state index in [1.807, 2.05) is 17.0 Å². The Balaban J connectivity index is 1.71. The number of alkyl halides is 1. The Hall–Kier alpha value is -1.54. The number of piperidine rings is 1. The van der Waals surface area contributed by atoms with E-state index in [2.05, 4.69) is 37.3 Å². The molecule has 2 atom stereocenters. The van der Waals surface area contributed by atoms with Crippen molar-refractivity contribution in [2.75, 3.05) is 13.1 Å². The summed E-state index contributed by atoms with van der Waals surface area (Å²) in [6.45, 7) is 3.68. The van der Waals surface area contributed by atoms with Gasteiger partial charge in [-0.3, -0.25) is 4.79 Å². The molecule has 3 rings (SSSR count). The molecule has 110 valence electrons. The third-order valence-corrected chi connectivity index (χ3v) is 4.97. The van der Waals surface area contributed by atoms with Crippen molar-refractivity contribution in [2.24, 2.45) is 5.92 Å². The SMILES string of the molecule is CC1CN(C(=O)Cc2ccc3ccccc3c2)CCC1Cl. The Bertz CT molecular complexity index is 654. The van der Waals surface area contributed by atoms with E-state index in [1.54, 1.807) is 0 Å². The fourth-order valence-corrected chi connectivity index (χ4v) is 3.16. The molecular weight excluding hydrogens is 282 g/mol. The van der Waals surface area contributed by atoms with E-state index in [0.717, 1.165) is 25.1 Å². The molecule has 0 N–H and O–H groups in total. The molecule has 2 aromatic carbocycles. The van der Waals surface area contributed by atoms with E-state index in [9.17, 15) is 4.79 Å². The molecule has 0 bridgehead atoms. The second-order valence-electron chi connectivity index (χ2n) is 5.98. The first-order valence-electron chi connectivity index (χ1n) is 7.53. The van der Waals surface area contributed by atoms with Crippen LogP contribution in [0, 0.1) is 5.92 Å². The number of halogens is 1. The summed E-state index contributed by atoms with van der Waals surface area (Å²) < 4.78 is 0. The molecule has 0 aliphatic carbocycles. The summed E-state index contributed by atoms with van der Waals surface area (Å²) in [6, 6.07) is 14.5. The molecule has 1 aliphatic heterocycles. The second kappa shape index (κ2) is 6.07. The largest absolute Gasteiger partial charge is 0.342 e. The number of amides is 1. The van der Waals surface area contributed by atoms with Crippen LogP contribution >= 0.6 is 11.6 Å². The first-order chi connectivity index (χ1) is 10.1. The van der Waals surface area contributed by atoms with Crippen LogP contribution in [-0.4, -0.2) is 29.3 Å². The number of hydrogen-bond donors (Lipinski definition) is 0. The minimum atomic E-state index is 0.203. The van der Waals surface area contributed by atoms with Crippen LogP contribution in [-0.2, 0) is 11.2 Å². The molecular formula is C18H20ClNO. The molecule has 2 nitrogen and oxygen atoms in total. The third-order valence-electron chi connectivity index (χ3n) is 4.32. The lowest BCUT2D eigenvalue weighted by atomic mass is 9.98. The van der Waals surface area contributed by atoms with Crippen molar-refractivity contribution in [2.45, 2.75) is 25.1 Å². The minimum Gasteiger partial charge on any atom is -0.342 e. The van der Waals surface area contributed by atoms with Gasteiger partial charge in [-0.25, -0.2) is 0 Å². The van der Waals surface area contributed by atoms with Gasteiger partial charge >= 0.3 is 0 Å². The van der Waals surface area contributed by atoms with Crippen molar-refractivity contribution in [3.8, 4) is 0 Å². The highest BCUT2D eigenvalue weighted by molar-refractivity contribution is 6.20. The molecule has 0 radical (unpaired) electrons. The van der Waals surface area contributed by atoms with E-state index in [1.165, 1.54) is 10.8 Å². The quantitative estimate of drug-likeness (QED) is 0.771. The van der Waals surface area contributed by atoms with Gasteiger partial charge in [-0.2, -0.15) is 0 Å². The molecule has 1 heterocycles. The van der Waals surface area contributed by atoms with Gasteiger partial charge in [0, 0.05) is 18.5 Å². The van der Waals surface area contributed by atoms with Crippen LogP contribution in [0.2, 0.25) is 0 Å². The number of hydrogen-bond acceptors (Lipinski definition) is 1. The molecule has 0 saturated carbocycles. The average molecular weight is 302 g/mol. The number of fused-ring (bicyclic) bond motifs is 1. The van der Waals surface area contributed by atoms with E-state index in [0.29, 0.717) is 12.3 Å². The highest BCUT2D eigenvalue weighted by Gasteiger charge is 2.27. The predicted octanol–water partition coefficient (Wildman–Crippen LogP) is 3.86. The molecule has 1 fully saturated rings. The summed E-state index contributed by atoms with van der Waals surface area (Å²) in [5.74, 6) is 0.585. The molecule has 1 amide bonds. The second-order valence-corrected chi connectivity index (χ2v) is 6.54. The maximum atomic E-state index is 12.4. The monoisotopic (exact) mass is 301 g/mol. The van der Waals surface area contributed by atoms with Crippen LogP contribution in [0.25, 0.3) is 10.8 Å². The van der Waals surface area contributed by atoms with Crippen molar-refractivity contribution in [3.05, 3.63) is 48.0 Å². The fourth-order valence-electron chi connectivity index (χ4n) is 2.98. The summed E-state index contributed by atoms with van der Waals surface area (Å²) in [7, 11) is 0. The number of rotatable bonds is 2. The molecule has 1 saturated heterocycles. The maximum Gasteiger partial charge on any atom is 0.227 e. The predicted molar refractivity (Wildman–Crippen MR) is 87.7 cm³/mol. The number of likely N-dealkylation sites (tertiary alicyclic amines) is 1. The van der Waals surface area contributed by atoms with Gasteiger partial charge in [0.25, 0.3) is 0 Å². The van der Waals surface area contributed by atoms with E-state index < -0.39 is 0 Å². The Morgan fingerprint density at radius 2 is 2.00 bits per heavy atom. The highest BCUT2D eigenvalue weighted by Crippen LogP contribution is 2.23. The fraction of sp³-hybridized carbons (Fsp3) is 0.389. The Labute approximate surface area is 130 Å². The van der Waals surface area contributed by atoms with Gasteiger partial charge in [0.05, 0.1) is 6.42 Å². The first kappa shape index (κ1) is 14.4. The molecule has 0 spiro atoms. The van der Waals surface area contributed by atoms with Crippen molar-refractivity contribution < 1.29 is 4.79 Å². The smallest absolute Gasteiger partial charge is 0.227 e. The zero-order valence-electron chi connectivity index (χ0n) is 12.3. The molecule has 0 aromatic heterocycles. The third kappa shape index (κ3) is 3.21. The minimum absolute atomic E-state index is 0.203. The van der Waals surface area contributed by atoms with Gasteiger partial charge in [0.15, 0.2) is 0 Å². The van der Waals surface area contributed by atoms with Crippen LogP contribution < -0.4 is 0 Å². The van der Waals surface area contributed by atoms with Crippen molar-refractivity contribution in [3.63, 3.8) is 0 Å². The van der Waals surface area contributed by atoms with E-state index >= 15 is 0 Å².